The van der Waals surface area contributed by atoms with Crippen molar-refractivity contribution < 1.29 is 0 Å². The lowest BCUT2D eigenvalue weighted by molar-refractivity contribution is 0.578. The molecule has 2 aromatic rings. The van der Waals surface area contributed by atoms with Gasteiger partial charge in [-0.15, -0.1) is 0 Å². The number of halogens is 1. The summed E-state index contributed by atoms with van der Waals surface area (Å²) < 4.78 is 3.17. The summed E-state index contributed by atoms with van der Waals surface area (Å²) in [5, 5.41) is 8.00. The molecule has 0 radical (unpaired) electrons. The Morgan fingerprint density at radius 1 is 1.10 bits per heavy atom. The van der Waals surface area contributed by atoms with Crippen molar-refractivity contribution in [1.82, 2.24) is 15.1 Å². The molecule has 4 heteroatoms. The summed E-state index contributed by atoms with van der Waals surface area (Å²) in [7, 11) is 0. The van der Waals surface area contributed by atoms with Gasteiger partial charge in [0.05, 0.1) is 15.9 Å². The minimum Gasteiger partial charge on any atom is -0.307 e. The third kappa shape index (κ3) is 3.49. The van der Waals surface area contributed by atoms with Crippen LogP contribution < -0.4 is 5.32 Å². The standard InChI is InChI=1S/C16H22BrN3/c1-4-13-6-8-14(9-7-13)10-18-11-15-16(17)12(3)19-20(15)5-2/h6-9,18H,4-5,10-11H2,1-3H3. The van der Waals surface area contributed by atoms with Gasteiger partial charge in [0.1, 0.15) is 0 Å². The van der Waals surface area contributed by atoms with E-state index in [4.69, 9.17) is 0 Å². The third-order valence-corrected chi connectivity index (χ3v) is 4.54. The van der Waals surface area contributed by atoms with E-state index in [9.17, 15) is 0 Å². The zero-order valence-corrected chi connectivity index (χ0v) is 14.0. The van der Waals surface area contributed by atoms with Gasteiger partial charge in [0.2, 0.25) is 0 Å². The van der Waals surface area contributed by atoms with Crippen molar-refractivity contribution in [2.45, 2.75) is 46.8 Å². The predicted octanol–water partition coefficient (Wildman–Crippen LogP) is 3.83. The Hall–Kier alpha value is -1.13. The van der Waals surface area contributed by atoms with Crippen molar-refractivity contribution in [2.24, 2.45) is 0 Å². The zero-order valence-electron chi connectivity index (χ0n) is 12.4. The van der Waals surface area contributed by atoms with E-state index in [0.29, 0.717) is 0 Å². The van der Waals surface area contributed by atoms with Crippen molar-refractivity contribution in [3.63, 3.8) is 0 Å². The molecule has 1 aromatic carbocycles. The van der Waals surface area contributed by atoms with Crippen LogP contribution in [0.4, 0.5) is 0 Å². The quantitative estimate of drug-likeness (QED) is 0.869. The first kappa shape index (κ1) is 15.3. The minimum absolute atomic E-state index is 0.824. The monoisotopic (exact) mass is 335 g/mol. The second kappa shape index (κ2) is 7.04. The van der Waals surface area contributed by atoms with Crippen LogP contribution >= 0.6 is 15.9 Å². The van der Waals surface area contributed by atoms with E-state index in [1.807, 2.05) is 11.6 Å². The SMILES string of the molecule is CCc1ccc(CNCc2c(Br)c(C)nn2CC)cc1. The van der Waals surface area contributed by atoms with Crippen molar-refractivity contribution in [1.29, 1.82) is 0 Å². The van der Waals surface area contributed by atoms with Crippen molar-refractivity contribution in [3.8, 4) is 0 Å². The summed E-state index contributed by atoms with van der Waals surface area (Å²) in [6, 6.07) is 8.80. The molecule has 0 saturated heterocycles. The Morgan fingerprint density at radius 2 is 1.75 bits per heavy atom. The van der Waals surface area contributed by atoms with Gasteiger partial charge >= 0.3 is 0 Å². The molecule has 2 rings (SSSR count). The number of nitrogens with zero attached hydrogens (tertiary/aromatic N) is 2. The zero-order chi connectivity index (χ0) is 14.5. The predicted molar refractivity (Wildman–Crippen MR) is 86.7 cm³/mol. The molecule has 0 saturated carbocycles. The van der Waals surface area contributed by atoms with E-state index < -0.39 is 0 Å². The minimum atomic E-state index is 0.824. The summed E-state index contributed by atoms with van der Waals surface area (Å²) in [6.07, 6.45) is 1.09. The fourth-order valence-corrected chi connectivity index (χ4v) is 2.68. The number of rotatable bonds is 6. The fourth-order valence-electron chi connectivity index (χ4n) is 2.26. The van der Waals surface area contributed by atoms with Crippen molar-refractivity contribution >= 4 is 15.9 Å². The lowest BCUT2D eigenvalue weighted by Gasteiger charge is -2.08. The first-order valence-electron chi connectivity index (χ1n) is 7.16. The molecule has 1 heterocycles. The van der Waals surface area contributed by atoms with Crippen molar-refractivity contribution in [2.75, 3.05) is 0 Å². The molecule has 1 aromatic heterocycles. The molecular weight excluding hydrogens is 314 g/mol. The highest BCUT2D eigenvalue weighted by Crippen LogP contribution is 2.20. The summed E-state index contributed by atoms with van der Waals surface area (Å²) >= 11 is 3.62. The molecule has 0 fully saturated rings. The average molecular weight is 336 g/mol. The molecule has 0 aliphatic rings. The van der Waals surface area contributed by atoms with Crippen LogP contribution in [0, 0.1) is 6.92 Å². The summed E-state index contributed by atoms with van der Waals surface area (Å²) in [5.41, 5.74) is 4.97. The van der Waals surface area contributed by atoms with Crippen LogP contribution in [0.15, 0.2) is 28.7 Å². The molecular formula is C16H22BrN3. The van der Waals surface area contributed by atoms with Crippen LogP contribution in [0.25, 0.3) is 0 Å². The molecule has 0 aliphatic heterocycles. The molecule has 108 valence electrons. The first-order chi connectivity index (χ1) is 9.65. The lowest BCUT2D eigenvalue weighted by atomic mass is 10.1. The highest BCUT2D eigenvalue weighted by molar-refractivity contribution is 9.10. The molecule has 0 bridgehead atoms. The van der Waals surface area contributed by atoms with Gasteiger partial charge in [-0.2, -0.15) is 5.10 Å². The average Bonchev–Trinajstić information content (AvgIpc) is 2.75. The van der Waals surface area contributed by atoms with Gasteiger partial charge in [-0.05, 0) is 47.3 Å². The smallest absolute Gasteiger partial charge is 0.0739 e. The van der Waals surface area contributed by atoms with Crippen LogP contribution in [0.1, 0.15) is 36.4 Å². The fraction of sp³-hybridized carbons (Fsp3) is 0.438. The summed E-state index contributed by atoms with van der Waals surface area (Å²) in [4.78, 5) is 0. The van der Waals surface area contributed by atoms with Gasteiger partial charge in [-0.25, -0.2) is 0 Å². The molecule has 0 spiro atoms. The Balaban J connectivity index is 1.95. The Bertz CT molecular complexity index is 558. The van der Waals surface area contributed by atoms with E-state index in [2.05, 4.69) is 64.5 Å². The Kier molecular flexibility index (Phi) is 5.38. The number of benzene rings is 1. The largest absolute Gasteiger partial charge is 0.307 e. The second-order valence-corrected chi connectivity index (χ2v) is 5.73. The Labute approximate surface area is 129 Å². The van der Waals surface area contributed by atoms with Gasteiger partial charge in [0.25, 0.3) is 0 Å². The number of hydrogen-bond donors (Lipinski definition) is 1. The maximum atomic E-state index is 4.51. The van der Waals surface area contributed by atoms with Crippen LogP contribution in [-0.2, 0) is 26.1 Å². The normalized spacial score (nSPS) is 11.0. The summed E-state index contributed by atoms with van der Waals surface area (Å²) in [6.45, 7) is 8.93. The van der Waals surface area contributed by atoms with Gasteiger partial charge < -0.3 is 5.32 Å². The van der Waals surface area contributed by atoms with Gasteiger partial charge in [-0.3, -0.25) is 4.68 Å². The van der Waals surface area contributed by atoms with E-state index in [-0.39, 0.29) is 0 Å². The second-order valence-electron chi connectivity index (χ2n) is 4.94. The van der Waals surface area contributed by atoms with E-state index in [1.54, 1.807) is 0 Å². The highest BCUT2D eigenvalue weighted by Gasteiger charge is 2.11. The number of nitrogens with one attached hydrogen (secondary N) is 1. The van der Waals surface area contributed by atoms with Crippen molar-refractivity contribution in [3.05, 3.63) is 51.3 Å². The van der Waals surface area contributed by atoms with Crippen LogP contribution in [0.2, 0.25) is 0 Å². The summed E-state index contributed by atoms with van der Waals surface area (Å²) in [5.74, 6) is 0. The molecule has 0 amide bonds. The van der Waals surface area contributed by atoms with E-state index >= 15 is 0 Å². The molecule has 3 nitrogen and oxygen atoms in total. The number of aryl methyl sites for hydroxylation is 3. The maximum Gasteiger partial charge on any atom is 0.0739 e. The lowest BCUT2D eigenvalue weighted by Crippen LogP contribution is -2.16. The van der Waals surface area contributed by atoms with Crippen LogP contribution in [0.3, 0.4) is 0 Å². The molecule has 20 heavy (non-hydrogen) atoms. The maximum absolute atomic E-state index is 4.51. The Morgan fingerprint density at radius 3 is 2.35 bits per heavy atom. The first-order valence-corrected chi connectivity index (χ1v) is 7.95. The highest BCUT2D eigenvalue weighted by atomic mass is 79.9. The molecule has 1 N–H and O–H groups in total. The van der Waals surface area contributed by atoms with Gasteiger partial charge in [-0.1, -0.05) is 31.2 Å². The topological polar surface area (TPSA) is 29.9 Å². The van der Waals surface area contributed by atoms with Gasteiger partial charge in [0, 0.05) is 19.6 Å². The van der Waals surface area contributed by atoms with Crippen LogP contribution in [0.5, 0.6) is 0 Å². The third-order valence-electron chi connectivity index (χ3n) is 3.51. The van der Waals surface area contributed by atoms with Gasteiger partial charge in [0.15, 0.2) is 0 Å². The van der Waals surface area contributed by atoms with E-state index in [1.165, 1.54) is 16.8 Å². The van der Waals surface area contributed by atoms with E-state index in [0.717, 1.165) is 36.2 Å². The molecule has 0 atom stereocenters. The van der Waals surface area contributed by atoms with Crippen LogP contribution in [-0.4, -0.2) is 9.78 Å². The number of hydrogen-bond acceptors (Lipinski definition) is 2. The molecule has 0 unspecified atom stereocenters. The number of aromatic nitrogens is 2. The molecule has 0 aliphatic carbocycles.